The fourth-order valence-corrected chi connectivity index (χ4v) is 6.00. The predicted molar refractivity (Wildman–Crippen MR) is 115 cm³/mol. The van der Waals surface area contributed by atoms with Gasteiger partial charge < -0.3 is 15.2 Å². The molecule has 2 aromatic rings. The van der Waals surface area contributed by atoms with Crippen LogP contribution in [0.5, 0.6) is 0 Å². The van der Waals surface area contributed by atoms with Crippen molar-refractivity contribution in [2.24, 2.45) is 23.7 Å². The molecule has 4 atom stereocenters. The van der Waals surface area contributed by atoms with Gasteiger partial charge in [0.05, 0.1) is 18.4 Å². The smallest absolute Gasteiger partial charge is 0.341 e. The summed E-state index contributed by atoms with van der Waals surface area (Å²) in [6.45, 7) is 1.92. The number of ether oxygens (including phenoxy) is 1. The van der Waals surface area contributed by atoms with E-state index in [1.165, 1.54) is 11.3 Å². The van der Waals surface area contributed by atoms with Gasteiger partial charge in [0.25, 0.3) is 0 Å². The first-order chi connectivity index (χ1) is 14.4. The van der Waals surface area contributed by atoms with Gasteiger partial charge in [-0.1, -0.05) is 23.7 Å². The van der Waals surface area contributed by atoms with Gasteiger partial charge in [-0.2, -0.15) is 0 Å². The minimum atomic E-state index is -0.916. The fraction of sp³-hybridized carbons (Fsp3) is 0.409. The maximum atomic E-state index is 13.1. The third-order valence-electron chi connectivity index (χ3n) is 6.17. The molecule has 30 heavy (non-hydrogen) atoms. The fourth-order valence-electron chi connectivity index (χ4n) is 4.92. The summed E-state index contributed by atoms with van der Waals surface area (Å²) in [5, 5.41) is 15.3. The molecule has 2 fully saturated rings. The SMILES string of the molecule is CCOC(=O)c1c(-c2ccc(Cl)cc2)csc1NC(=O)[C@@H]1[C@@H]2CC[C@@H](C2)[C@@H]1C(=O)O. The van der Waals surface area contributed by atoms with E-state index in [4.69, 9.17) is 16.3 Å². The summed E-state index contributed by atoms with van der Waals surface area (Å²) >= 11 is 7.21. The summed E-state index contributed by atoms with van der Waals surface area (Å²) in [5.41, 5.74) is 1.71. The number of benzene rings is 1. The molecule has 1 amide bonds. The number of rotatable bonds is 6. The maximum Gasteiger partial charge on any atom is 0.341 e. The summed E-state index contributed by atoms with van der Waals surface area (Å²) in [4.78, 5) is 37.6. The van der Waals surface area contributed by atoms with E-state index in [-0.39, 0.29) is 29.9 Å². The number of carboxylic acid groups (broad SMARTS) is 1. The van der Waals surface area contributed by atoms with E-state index >= 15 is 0 Å². The second-order valence-corrected chi connectivity index (χ2v) is 9.11. The molecule has 6 nitrogen and oxygen atoms in total. The molecule has 0 saturated heterocycles. The zero-order valence-corrected chi connectivity index (χ0v) is 18.0. The van der Waals surface area contributed by atoms with E-state index < -0.39 is 23.8 Å². The quantitative estimate of drug-likeness (QED) is 0.612. The molecule has 1 aromatic carbocycles. The lowest BCUT2D eigenvalue weighted by Gasteiger charge is -2.26. The maximum absolute atomic E-state index is 13.1. The van der Waals surface area contributed by atoms with Gasteiger partial charge in [0.2, 0.25) is 5.91 Å². The molecular formula is C22H22ClNO5S. The Bertz CT molecular complexity index is 986. The zero-order chi connectivity index (χ0) is 21.4. The van der Waals surface area contributed by atoms with Crippen LogP contribution in [-0.4, -0.2) is 29.6 Å². The number of fused-ring (bicyclic) bond motifs is 2. The van der Waals surface area contributed by atoms with Crippen LogP contribution < -0.4 is 5.32 Å². The standard InChI is InChI=1S/C22H22ClNO5S/c1-2-29-22(28)18-15(11-5-7-14(23)8-6-11)10-30-20(18)24-19(25)16-12-3-4-13(9-12)17(16)21(26)27/h5-8,10,12-13,16-17H,2-4,9H2,1H3,(H,24,25)(H,26,27)/t12-,13+,16-,17+/m1/s1. The third-order valence-corrected chi connectivity index (χ3v) is 7.31. The summed E-state index contributed by atoms with van der Waals surface area (Å²) in [5.74, 6) is -2.87. The third kappa shape index (κ3) is 3.72. The normalized spacial score (nSPS) is 24.6. The highest BCUT2D eigenvalue weighted by Crippen LogP contribution is 2.53. The van der Waals surface area contributed by atoms with E-state index in [2.05, 4.69) is 5.32 Å². The van der Waals surface area contributed by atoms with Crippen molar-refractivity contribution in [2.75, 3.05) is 11.9 Å². The number of carbonyl (C=O) groups is 3. The topological polar surface area (TPSA) is 92.7 Å². The summed E-state index contributed by atoms with van der Waals surface area (Å²) in [6.07, 6.45) is 2.51. The summed E-state index contributed by atoms with van der Waals surface area (Å²) < 4.78 is 5.22. The Labute approximate surface area is 183 Å². The van der Waals surface area contributed by atoms with Crippen LogP contribution in [0.4, 0.5) is 5.00 Å². The predicted octanol–water partition coefficient (Wildman–Crippen LogP) is 4.93. The van der Waals surface area contributed by atoms with Crippen LogP contribution in [0.15, 0.2) is 29.6 Å². The van der Waals surface area contributed by atoms with Gasteiger partial charge in [0.1, 0.15) is 10.6 Å². The molecule has 0 aliphatic heterocycles. The van der Waals surface area contributed by atoms with Gasteiger partial charge in [-0.15, -0.1) is 11.3 Å². The lowest BCUT2D eigenvalue weighted by atomic mass is 9.79. The minimum absolute atomic E-state index is 0.0562. The van der Waals surface area contributed by atoms with Gasteiger partial charge in [0.15, 0.2) is 0 Å². The Morgan fingerprint density at radius 3 is 2.47 bits per heavy atom. The zero-order valence-electron chi connectivity index (χ0n) is 16.4. The van der Waals surface area contributed by atoms with E-state index in [1.807, 2.05) is 0 Å². The van der Waals surface area contributed by atoms with Crippen LogP contribution in [0.2, 0.25) is 5.02 Å². The Morgan fingerprint density at radius 2 is 1.83 bits per heavy atom. The number of amides is 1. The lowest BCUT2D eigenvalue weighted by molar-refractivity contribution is -0.148. The molecule has 4 rings (SSSR count). The van der Waals surface area contributed by atoms with Crippen molar-refractivity contribution >= 4 is 45.8 Å². The summed E-state index contributed by atoms with van der Waals surface area (Å²) in [7, 11) is 0. The molecule has 2 N–H and O–H groups in total. The van der Waals surface area contributed by atoms with Crippen LogP contribution in [0.25, 0.3) is 11.1 Å². The molecule has 1 heterocycles. The van der Waals surface area contributed by atoms with Crippen LogP contribution in [0, 0.1) is 23.7 Å². The molecule has 158 valence electrons. The average Bonchev–Trinajstić information content (AvgIpc) is 3.42. The second kappa shape index (κ2) is 8.40. The molecule has 0 spiro atoms. The Balaban J connectivity index is 1.65. The van der Waals surface area contributed by atoms with E-state index in [9.17, 15) is 19.5 Å². The number of aliphatic carboxylic acids is 1. The monoisotopic (exact) mass is 447 g/mol. The van der Waals surface area contributed by atoms with E-state index in [0.717, 1.165) is 24.8 Å². The van der Waals surface area contributed by atoms with E-state index in [0.29, 0.717) is 15.6 Å². The van der Waals surface area contributed by atoms with Gasteiger partial charge in [-0.05, 0) is 55.7 Å². The highest BCUT2D eigenvalue weighted by molar-refractivity contribution is 7.15. The number of thiophene rings is 1. The molecule has 2 aliphatic carbocycles. The van der Waals surface area contributed by atoms with Crippen molar-refractivity contribution in [3.8, 4) is 11.1 Å². The molecule has 1 aromatic heterocycles. The number of hydrogen-bond donors (Lipinski definition) is 2. The highest BCUT2D eigenvalue weighted by atomic mass is 35.5. The first-order valence-electron chi connectivity index (χ1n) is 9.99. The second-order valence-electron chi connectivity index (χ2n) is 7.79. The number of anilines is 1. The lowest BCUT2D eigenvalue weighted by Crippen LogP contribution is -2.37. The van der Waals surface area contributed by atoms with Crippen molar-refractivity contribution in [3.63, 3.8) is 0 Å². The van der Waals surface area contributed by atoms with Crippen LogP contribution in [0.3, 0.4) is 0 Å². The number of hydrogen-bond acceptors (Lipinski definition) is 5. The first-order valence-corrected chi connectivity index (χ1v) is 11.2. The number of esters is 1. The number of carboxylic acids is 1. The van der Waals surface area contributed by atoms with E-state index in [1.54, 1.807) is 36.6 Å². The van der Waals surface area contributed by atoms with Crippen LogP contribution in [-0.2, 0) is 14.3 Å². The largest absolute Gasteiger partial charge is 0.481 e. The highest BCUT2D eigenvalue weighted by Gasteiger charge is 2.54. The van der Waals surface area contributed by atoms with Crippen LogP contribution in [0.1, 0.15) is 36.5 Å². The number of halogens is 1. The molecule has 0 unspecified atom stereocenters. The van der Waals surface area contributed by atoms with Crippen LogP contribution >= 0.6 is 22.9 Å². The molecule has 0 radical (unpaired) electrons. The minimum Gasteiger partial charge on any atom is -0.481 e. The molecule has 8 heteroatoms. The molecular weight excluding hydrogens is 426 g/mol. The average molecular weight is 448 g/mol. The van der Waals surface area contributed by atoms with Gasteiger partial charge >= 0.3 is 11.9 Å². The van der Waals surface area contributed by atoms with Crippen molar-refractivity contribution in [3.05, 3.63) is 40.2 Å². The Morgan fingerprint density at radius 1 is 1.17 bits per heavy atom. The van der Waals surface area contributed by atoms with Crippen molar-refractivity contribution in [2.45, 2.75) is 26.2 Å². The summed E-state index contributed by atoms with van der Waals surface area (Å²) in [6, 6.07) is 7.06. The Kier molecular flexibility index (Phi) is 5.84. The molecule has 2 bridgehead atoms. The molecule has 2 saturated carbocycles. The van der Waals surface area contributed by atoms with Gasteiger partial charge in [0, 0.05) is 16.0 Å². The number of nitrogens with one attached hydrogen (secondary N) is 1. The molecule has 2 aliphatic rings. The van der Waals surface area contributed by atoms with Gasteiger partial charge in [-0.25, -0.2) is 4.79 Å². The number of carbonyl (C=O) groups excluding carboxylic acids is 2. The van der Waals surface area contributed by atoms with Crippen molar-refractivity contribution in [1.82, 2.24) is 0 Å². The Hall–Kier alpha value is -2.38. The van der Waals surface area contributed by atoms with Gasteiger partial charge in [-0.3, -0.25) is 9.59 Å². The first kappa shape index (κ1) is 20.9. The van der Waals surface area contributed by atoms with Crippen molar-refractivity contribution in [1.29, 1.82) is 0 Å². The van der Waals surface area contributed by atoms with Crippen molar-refractivity contribution < 1.29 is 24.2 Å².